The lowest BCUT2D eigenvalue weighted by Crippen LogP contribution is -2.22. The van der Waals surface area contributed by atoms with Crippen LogP contribution in [-0.4, -0.2) is 11.1 Å². The van der Waals surface area contributed by atoms with Gasteiger partial charge < -0.3 is 5.11 Å². The average Bonchev–Trinajstić information content (AvgIpc) is 2.45. The highest BCUT2D eigenvalue weighted by Gasteiger charge is 2.27. The lowest BCUT2D eigenvalue weighted by atomic mass is 9.71. The van der Waals surface area contributed by atoms with E-state index in [1.807, 2.05) is 0 Å². The van der Waals surface area contributed by atoms with E-state index in [4.69, 9.17) is 5.11 Å². The Balaban J connectivity index is 3.78. The molecule has 0 saturated carbocycles. The molecule has 0 atom stereocenters. The number of rotatable bonds is 15. The molecule has 0 aromatic heterocycles. The van der Waals surface area contributed by atoms with Gasteiger partial charge in [0, 0.05) is 6.42 Å². The number of unbranched alkanes of at least 4 members (excludes halogenated alkanes) is 6. The molecule has 142 valence electrons. The molecule has 0 saturated heterocycles. The minimum absolute atomic E-state index is 0.323. The molecular formula is C22H42O2. The first-order chi connectivity index (χ1) is 11.2. The molecule has 2 heteroatoms. The summed E-state index contributed by atoms with van der Waals surface area (Å²) in [7, 11) is 0. The number of carboxylic acid groups (broad SMARTS) is 1. The van der Waals surface area contributed by atoms with Crippen molar-refractivity contribution in [2.45, 2.75) is 112 Å². The fourth-order valence-electron chi connectivity index (χ4n) is 3.70. The molecule has 0 amide bonds. The van der Waals surface area contributed by atoms with Crippen LogP contribution in [0, 0.1) is 10.8 Å². The molecule has 0 aromatic rings. The monoisotopic (exact) mass is 338 g/mol. The Labute approximate surface area is 151 Å². The molecule has 0 aliphatic carbocycles. The van der Waals surface area contributed by atoms with Crippen LogP contribution in [0.2, 0.25) is 0 Å². The fourth-order valence-corrected chi connectivity index (χ4v) is 3.70. The highest BCUT2D eigenvalue weighted by atomic mass is 16.4. The number of aliphatic carboxylic acids is 1. The summed E-state index contributed by atoms with van der Waals surface area (Å²) in [6, 6.07) is 0. The summed E-state index contributed by atoms with van der Waals surface area (Å²) in [6.07, 6.45) is 18.1. The molecule has 0 fully saturated rings. The third kappa shape index (κ3) is 14.8. The fraction of sp³-hybridized carbons (Fsp3) is 0.864. The van der Waals surface area contributed by atoms with Crippen molar-refractivity contribution in [2.24, 2.45) is 10.8 Å². The summed E-state index contributed by atoms with van der Waals surface area (Å²) in [5.74, 6) is -0.668. The first-order valence-electron chi connectivity index (χ1n) is 10.1. The summed E-state index contributed by atoms with van der Waals surface area (Å²) in [4.78, 5) is 10.4. The van der Waals surface area contributed by atoms with E-state index in [0.717, 1.165) is 25.7 Å². The van der Waals surface area contributed by atoms with Crippen molar-refractivity contribution in [1.29, 1.82) is 0 Å². The summed E-state index contributed by atoms with van der Waals surface area (Å²) in [5, 5.41) is 8.58. The molecule has 0 bridgehead atoms. The van der Waals surface area contributed by atoms with E-state index in [9.17, 15) is 4.79 Å². The first-order valence-corrected chi connectivity index (χ1v) is 10.1. The van der Waals surface area contributed by atoms with E-state index in [2.05, 4.69) is 46.8 Å². The minimum Gasteiger partial charge on any atom is -0.481 e. The lowest BCUT2D eigenvalue weighted by Gasteiger charge is -2.34. The van der Waals surface area contributed by atoms with E-state index in [0.29, 0.717) is 17.3 Å². The molecule has 0 rings (SSSR count). The van der Waals surface area contributed by atoms with Crippen LogP contribution in [-0.2, 0) is 4.79 Å². The van der Waals surface area contributed by atoms with E-state index in [-0.39, 0.29) is 0 Å². The molecule has 0 aromatic carbocycles. The van der Waals surface area contributed by atoms with Gasteiger partial charge in [-0.15, -0.1) is 0 Å². The van der Waals surface area contributed by atoms with Gasteiger partial charge in [-0.05, 0) is 49.4 Å². The zero-order valence-electron chi connectivity index (χ0n) is 17.0. The SMILES string of the molecule is CCCCC(C)(C)CC(C)(C)C/C=C\CCCCCCCC(=O)O. The van der Waals surface area contributed by atoms with Gasteiger partial charge in [0.1, 0.15) is 0 Å². The Kier molecular flexibility index (Phi) is 12.1. The van der Waals surface area contributed by atoms with Gasteiger partial charge in [0.05, 0.1) is 0 Å². The van der Waals surface area contributed by atoms with Gasteiger partial charge in [0.25, 0.3) is 0 Å². The van der Waals surface area contributed by atoms with Gasteiger partial charge in [-0.1, -0.05) is 78.9 Å². The molecule has 0 heterocycles. The van der Waals surface area contributed by atoms with Crippen LogP contribution >= 0.6 is 0 Å². The van der Waals surface area contributed by atoms with Crippen LogP contribution in [0.5, 0.6) is 0 Å². The van der Waals surface area contributed by atoms with Crippen LogP contribution in [0.4, 0.5) is 0 Å². The van der Waals surface area contributed by atoms with E-state index < -0.39 is 5.97 Å². The maximum absolute atomic E-state index is 10.4. The minimum atomic E-state index is -0.668. The maximum Gasteiger partial charge on any atom is 0.303 e. The van der Waals surface area contributed by atoms with E-state index in [1.165, 1.54) is 44.9 Å². The number of allylic oxidation sites excluding steroid dienone is 2. The second kappa shape index (κ2) is 12.6. The van der Waals surface area contributed by atoms with E-state index in [1.54, 1.807) is 0 Å². The Bertz CT molecular complexity index is 353. The Morgan fingerprint density at radius 2 is 1.50 bits per heavy atom. The number of hydrogen-bond donors (Lipinski definition) is 1. The average molecular weight is 339 g/mol. The lowest BCUT2D eigenvalue weighted by molar-refractivity contribution is -0.137. The van der Waals surface area contributed by atoms with Crippen molar-refractivity contribution in [1.82, 2.24) is 0 Å². The second-order valence-corrected chi connectivity index (χ2v) is 8.98. The van der Waals surface area contributed by atoms with Crippen LogP contribution in [0.1, 0.15) is 112 Å². The normalized spacial score (nSPS) is 12.9. The topological polar surface area (TPSA) is 37.3 Å². The molecule has 24 heavy (non-hydrogen) atoms. The molecule has 0 spiro atoms. The molecule has 2 nitrogen and oxygen atoms in total. The molecule has 0 radical (unpaired) electrons. The predicted molar refractivity (Wildman–Crippen MR) is 105 cm³/mol. The van der Waals surface area contributed by atoms with Crippen molar-refractivity contribution in [3.8, 4) is 0 Å². The summed E-state index contributed by atoms with van der Waals surface area (Å²) >= 11 is 0. The van der Waals surface area contributed by atoms with Crippen LogP contribution in [0.15, 0.2) is 12.2 Å². The molecular weight excluding hydrogens is 296 g/mol. The summed E-state index contributed by atoms with van der Waals surface area (Å²) in [6.45, 7) is 11.9. The Morgan fingerprint density at radius 1 is 0.875 bits per heavy atom. The Hall–Kier alpha value is -0.790. The predicted octanol–water partition coefficient (Wildman–Crippen LogP) is 7.38. The van der Waals surface area contributed by atoms with Crippen LogP contribution < -0.4 is 0 Å². The molecule has 0 unspecified atom stereocenters. The zero-order chi connectivity index (χ0) is 18.5. The smallest absolute Gasteiger partial charge is 0.303 e. The highest BCUT2D eigenvalue weighted by molar-refractivity contribution is 5.66. The summed E-state index contributed by atoms with van der Waals surface area (Å²) < 4.78 is 0. The van der Waals surface area contributed by atoms with Crippen molar-refractivity contribution in [3.63, 3.8) is 0 Å². The largest absolute Gasteiger partial charge is 0.481 e. The molecule has 0 aliphatic heterocycles. The van der Waals surface area contributed by atoms with E-state index >= 15 is 0 Å². The Morgan fingerprint density at radius 3 is 2.12 bits per heavy atom. The maximum atomic E-state index is 10.4. The standard InChI is InChI=1S/C22H42O2/c1-6-7-17-21(2,3)19-22(4,5)18-15-13-11-9-8-10-12-14-16-20(23)24/h13,15H,6-12,14,16-19H2,1-5H3,(H,23,24)/b15-13-. The van der Waals surface area contributed by atoms with Gasteiger partial charge in [-0.2, -0.15) is 0 Å². The molecule has 1 N–H and O–H groups in total. The highest BCUT2D eigenvalue weighted by Crippen LogP contribution is 2.39. The third-order valence-corrected chi connectivity index (χ3v) is 4.76. The quantitative estimate of drug-likeness (QED) is 0.250. The summed E-state index contributed by atoms with van der Waals surface area (Å²) in [5.41, 5.74) is 0.827. The van der Waals surface area contributed by atoms with Crippen molar-refractivity contribution >= 4 is 5.97 Å². The van der Waals surface area contributed by atoms with Gasteiger partial charge in [-0.25, -0.2) is 0 Å². The van der Waals surface area contributed by atoms with Crippen molar-refractivity contribution in [2.75, 3.05) is 0 Å². The zero-order valence-corrected chi connectivity index (χ0v) is 17.0. The number of carboxylic acids is 1. The van der Waals surface area contributed by atoms with Crippen molar-refractivity contribution < 1.29 is 9.90 Å². The van der Waals surface area contributed by atoms with Gasteiger partial charge in [-0.3, -0.25) is 4.79 Å². The van der Waals surface area contributed by atoms with Crippen molar-refractivity contribution in [3.05, 3.63) is 12.2 Å². The van der Waals surface area contributed by atoms with Gasteiger partial charge in [0.2, 0.25) is 0 Å². The first kappa shape index (κ1) is 23.2. The van der Waals surface area contributed by atoms with Crippen LogP contribution in [0.3, 0.4) is 0 Å². The third-order valence-electron chi connectivity index (χ3n) is 4.76. The van der Waals surface area contributed by atoms with Crippen LogP contribution in [0.25, 0.3) is 0 Å². The van der Waals surface area contributed by atoms with Gasteiger partial charge in [0.15, 0.2) is 0 Å². The molecule has 0 aliphatic rings. The van der Waals surface area contributed by atoms with Gasteiger partial charge >= 0.3 is 5.97 Å². The number of carbonyl (C=O) groups is 1. The number of hydrogen-bond acceptors (Lipinski definition) is 1. The second-order valence-electron chi connectivity index (χ2n) is 8.98.